The molecule has 0 fully saturated rings. The molecule has 0 saturated carbocycles. The maximum absolute atomic E-state index is 12.2. The van der Waals surface area contributed by atoms with Crippen molar-refractivity contribution in [2.24, 2.45) is 5.73 Å². The van der Waals surface area contributed by atoms with Gasteiger partial charge in [0.1, 0.15) is 22.6 Å². The molecule has 0 unspecified atom stereocenters. The third-order valence-electron chi connectivity index (χ3n) is 5.11. The molecule has 2 aromatic heterocycles. The lowest BCUT2D eigenvalue weighted by atomic mass is 10.1. The maximum atomic E-state index is 12.2. The Kier molecular flexibility index (Phi) is 4.30. The number of primary amides is 1. The molecule has 0 radical (unpaired) electrons. The van der Waals surface area contributed by atoms with E-state index in [-0.39, 0.29) is 22.5 Å². The minimum atomic E-state index is -1.09. The Morgan fingerprint density at radius 1 is 1.10 bits per heavy atom. The predicted octanol–water partition coefficient (Wildman–Crippen LogP) is 2.58. The molecule has 0 atom stereocenters. The molecule has 4 aromatic rings. The van der Waals surface area contributed by atoms with Crippen molar-refractivity contribution in [3.8, 4) is 11.4 Å². The second-order valence-electron chi connectivity index (χ2n) is 6.92. The smallest absolute Gasteiger partial charge is 0.335 e. The number of anilines is 1. The number of aromatic nitrogens is 3. The summed E-state index contributed by atoms with van der Waals surface area (Å²) >= 11 is 0. The first kappa shape index (κ1) is 19.2. The molecule has 152 valence electrons. The van der Waals surface area contributed by atoms with E-state index in [9.17, 15) is 14.7 Å². The third kappa shape index (κ3) is 2.71. The van der Waals surface area contributed by atoms with Gasteiger partial charge in [-0.05, 0) is 43.7 Å². The minimum Gasteiger partial charge on any atom is -0.496 e. The molecule has 9 nitrogen and oxygen atoms in total. The summed E-state index contributed by atoms with van der Waals surface area (Å²) in [6.07, 6.45) is 0. The second-order valence-corrected chi connectivity index (χ2v) is 6.92. The zero-order valence-corrected chi connectivity index (χ0v) is 16.6. The van der Waals surface area contributed by atoms with Gasteiger partial charge in [-0.25, -0.2) is 14.8 Å². The van der Waals surface area contributed by atoms with E-state index in [1.165, 1.54) is 12.1 Å². The number of amides is 1. The summed E-state index contributed by atoms with van der Waals surface area (Å²) in [6.45, 7) is 3.79. The average molecular weight is 405 g/mol. The summed E-state index contributed by atoms with van der Waals surface area (Å²) in [5.41, 5.74) is 15.8. The molecule has 0 aliphatic heterocycles. The van der Waals surface area contributed by atoms with Gasteiger partial charge < -0.3 is 21.3 Å². The van der Waals surface area contributed by atoms with Gasteiger partial charge in [0.05, 0.1) is 29.4 Å². The van der Waals surface area contributed by atoms with E-state index >= 15 is 0 Å². The molecular weight excluding hydrogens is 386 g/mol. The Bertz CT molecular complexity index is 1370. The predicted molar refractivity (Wildman–Crippen MR) is 112 cm³/mol. The number of ether oxygens (including phenoxy) is 1. The molecule has 0 spiro atoms. The van der Waals surface area contributed by atoms with E-state index in [4.69, 9.17) is 16.2 Å². The Morgan fingerprint density at radius 3 is 2.47 bits per heavy atom. The number of carbonyl (C=O) groups excluding carboxylic acids is 1. The van der Waals surface area contributed by atoms with Crippen LogP contribution in [0.4, 0.5) is 5.82 Å². The quantitative estimate of drug-likeness (QED) is 0.473. The number of nitrogen functional groups attached to an aromatic ring is 1. The summed E-state index contributed by atoms with van der Waals surface area (Å²) < 4.78 is 7.08. The highest BCUT2D eigenvalue weighted by molar-refractivity contribution is 6.11. The molecule has 0 bridgehead atoms. The van der Waals surface area contributed by atoms with Crippen molar-refractivity contribution in [2.45, 2.75) is 13.8 Å². The molecule has 9 heteroatoms. The Hall–Kier alpha value is -4.14. The number of methoxy groups -OCH3 is 1. The van der Waals surface area contributed by atoms with Gasteiger partial charge in [-0.1, -0.05) is 6.07 Å². The highest BCUT2D eigenvalue weighted by Gasteiger charge is 2.25. The van der Waals surface area contributed by atoms with E-state index in [0.29, 0.717) is 28.1 Å². The topological polar surface area (TPSA) is 146 Å². The molecule has 4 rings (SSSR count). The standard InChI is InChI=1S/C21H19N5O4/c1-9-4-7-14(30-3)10(2)17(9)26-18(22)15(19(23)27)16-20(26)25-12-6-5-11(21(28)29)8-13(12)24-16/h4-8H,22H2,1-3H3,(H2,23,27)(H,28,29). The Labute approximate surface area is 170 Å². The number of nitrogens with zero attached hydrogens (tertiary/aromatic N) is 3. The summed E-state index contributed by atoms with van der Waals surface area (Å²) in [5.74, 6) is -1.09. The van der Waals surface area contributed by atoms with Gasteiger partial charge >= 0.3 is 5.97 Å². The van der Waals surface area contributed by atoms with Crippen LogP contribution < -0.4 is 16.2 Å². The number of hydrogen-bond acceptors (Lipinski definition) is 6. The van der Waals surface area contributed by atoms with E-state index in [1.807, 2.05) is 26.0 Å². The van der Waals surface area contributed by atoms with Crippen LogP contribution in [0.1, 0.15) is 31.8 Å². The van der Waals surface area contributed by atoms with Gasteiger partial charge in [0.25, 0.3) is 5.91 Å². The van der Waals surface area contributed by atoms with E-state index in [2.05, 4.69) is 9.97 Å². The molecule has 2 aromatic carbocycles. The fourth-order valence-corrected chi connectivity index (χ4v) is 3.70. The van der Waals surface area contributed by atoms with Crippen molar-refractivity contribution in [3.63, 3.8) is 0 Å². The summed E-state index contributed by atoms with van der Waals surface area (Å²) in [7, 11) is 1.57. The van der Waals surface area contributed by atoms with Crippen molar-refractivity contribution in [2.75, 3.05) is 12.8 Å². The third-order valence-corrected chi connectivity index (χ3v) is 5.11. The zero-order valence-electron chi connectivity index (χ0n) is 16.6. The lowest BCUT2D eigenvalue weighted by Gasteiger charge is -2.16. The fraction of sp³-hybridized carbons (Fsp3) is 0.143. The van der Waals surface area contributed by atoms with Crippen LogP contribution in [0.5, 0.6) is 5.75 Å². The van der Waals surface area contributed by atoms with E-state index in [1.54, 1.807) is 17.7 Å². The monoisotopic (exact) mass is 405 g/mol. The van der Waals surface area contributed by atoms with Crippen LogP contribution in [-0.2, 0) is 0 Å². The number of carboxylic acids is 1. The number of rotatable bonds is 4. The number of carbonyl (C=O) groups is 2. The Balaban J connectivity index is 2.16. The highest BCUT2D eigenvalue weighted by atomic mass is 16.5. The van der Waals surface area contributed by atoms with Crippen LogP contribution in [0.15, 0.2) is 30.3 Å². The summed E-state index contributed by atoms with van der Waals surface area (Å²) in [5, 5.41) is 9.25. The van der Waals surface area contributed by atoms with Crippen LogP contribution in [0.25, 0.3) is 27.9 Å². The van der Waals surface area contributed by atoms with Gasteiger partial charge in [-0.3, -0.25) is 9.36 Å². The number of nitrogens with two attached hydrogens (primary N) is 2. The van der Waals surface area contributed by atoms with E-state index in [0.717, 1.165) is 11.1 Å². The Morgan fingerprint density at radius 2 is 1.83 bits per heavy atom. The van der Waals surface area contributed by atoms with Gasteiger partial charge in [0.2, 0.25) is 0 Å². The van der Waals surface area contributed by atoms with Gasteiger partial charge in [0, 0.05) is 5.56 Å². The highest BCUT2D eigenvalue weighted by Crippen LogP contribution is 2.36. The van der Waals surface area contributed by atoms with Crippen molar-refractivity contribution in [1.29, 1.82) is 0 Å². The lowest BCUT2D eigenvalue weighted by molar-refractivity contribution is 0.0696. The van der Waals surface area contributed by atoms with Crippen LogP contribution >= 0.6 is 0 Å². The number of aromatic carboxylic acids is 1. The van der Waals surface area contributed by atoms with Gasteiger partial charge in [0.15, 0.2) is 5.65 Å². The molecule has 0 aliphatic carbocycles. The first-order chi connectivity index (χ1) is 14.2. The van der Waals surface area contributed by atoms with Crippen molar-refractivity contribution < 1.29 is 19.4 Å². The fourth-order valence-electron chi connectivity index (χ4n) is 3.70. The van der Waals surface area contributed by atoms with Crippen LogP contribution in [0.2, 0.25) is 0 Å². The van der Waals surface area contributed by atoms with Gasteiger partial charge in [-0.2, -0.15) is 0 Å². The van der Waals surface area contributed by atoms with E-state index < -0.39 is 11.9 Å². The first-order valence-electron chi connectivity index (χ1n) is 9.04. The van der Waals surface area contributed by atoms with Crippen molar-refractivity contribution >= 4 is 39.9 Å². The molecule has 5 N–H and O–H groups in total. The lowest BCUT2D eigenvalue weighted by Crippen LogP contribution is -2.14. The number of hydrogen-bond donors (Lipinski definition) is 3. The largest absolute Gasteiger partial charge is 0.496 e. The number of carboxylic acid groups (broad SMARTS) is 1. The minimum absolute atomic E-state index is 0.0294. The molecule has 30 heavy (non-hydrogen) atoms. The summed E-state index contributed by atoms with van der Waals surface area (Å²) in [6, 6.07) is 8.13. The number of fused-ring (bicyclic) bond motifs is 2. The molecule has 0 aliphatic rings. The average Bonchev–Trinajstić information content (AvgIpc) is 2.97. The molecule has 2 heterocycles. The maximum Gasteiger partial charge on any atom is 0.335 e. The molecular formula is C21H19N5O4. The van der Waals surface area contributed by atoms with Crippen LogP contribution in [0.3, 0.4) is 0 Å². The molecule has 0 saturated heterocycles. The second kappa shape index (κ2) is 6.73. The van der Waals surface area contributed by atoms with Gasteiger partial charge in [-0.15, -0.1) is 0 Å². The van der Waals surface area contributed by atoms with Crippen LogP contribution in [-0.4, -0.2) is 38.6 Å². The van der Waals surface area contributed by atoms with Crippen molar-refractivity contribution in [1.82, 2.24) is 14.5 Å². The van der Waals surface area contributed by atoms with Crippen molar-refractivity contribution in [3.05, 3.63) is 52.6 Å². The summed E-state index contributed by atoms with van der Waals surface area (Å²) in [4.78, 5) is 32.7. The number of benzene rings is 2. The normalized spacial score (nSPS) is 11.2. The number of aryl methyl sites for hydroxylation is 1. The SMILES string of the molecule is COc1ccc(C)c(-n2c(N)c(C(N)=O)c3nc4cc(C(=O)O)ccc4nc32)c1C. The molecule has 1 amide bonds. The zero-order chi connectivity index (χ0) is 21.7. The first-order valence-corrected chi connectivity index (χ1v) is 9.04. The van der Waals surface area contributed by atoms with Crippen LogP contribution in [0, 0.1) is 13.8 Å².